The van der Waals surface area contributed by atoms with Gasteiger partial charge in [0.05, 0.1) is 0 Å². The minimum Gasteiger partial charge on any atom is -0.505 e. The van der Waals surface area contributed by atoms with Gasteiger partial charge in [0.1, 0.15) is 11.4 Å². The number of anilines is 1. The van der Waals surface area contributed by atoms with Crippen LogP contribution in [-0.4, -0.2) is 16.1 Å². The fraction of sp³-hybridized carbons (Fsp3) is 0.150. The van der Waals surface area contributed by atoms with Crippen LogP contribution in [0.1, 0.15) is 18.1 Å². The highest BCUT2D eigenvalue weighted by Crippen LogP contribution is 2.44. The Morgan fingerprint density at radius 2 is 1.83 bits per heavy atom. The minimum atomic E-state index is -0.372. The number of benzene rings is 2. The van der Waals surface area contributed by atoms with Crippen molar-refractivity contribution in [3.63, 3.8) is 0 Å². The second kappa shape index (κ2) is 7.51. The van der Waals surface area contributed by atoms with Gasteiger partial charge in [-0.2, -0.15) is 0 Å². The maximum absolute atomic E-state index is 11.4. The first kappa shape index (κ1) is 17.3. The standard InChI is InChI=1S/C20H21NO3/c1-4-7-14-9-6-10-15(11-14)17-12-16(8-5-2)19(23)18(20(17)24)21-13(3)22/h4-6,9-12,23-24H,1-2,7-8H2,3H3,(H,21,22). The van der Waals surface area contributed by atoms with Gasteiger partial charge in [-0.3, -0.25) is 4.79 Å². The van der Waals surface area contributed by atoms with E-state index < -0.39 is 0 Å². The van der Waals surface area contributed by atoms with Gasteiger partial charge >= 0.3 is 0 Å². The Hall–Kier alpha value is -3.01. The van der Waals surface area contributed by atoms with Gasteiger partial charge in [-0.1, -0.05) is 36.4 Å². The van der Waals surface area contributed by atoms with Crippen LogP contribution in [-0.2, 0) is 17.6 Å². The van der Waals surface area contributed by atoms with Crippen LogP contribution < -0.4 is 5.32 Å². The van der Waals surface area contributed by atoms with Crippen molar-refractivity contribution in [1.29, 1.82) is 0 Å². The summed E-state index contributed by atoms with van der Waals surface area (Å²) in [6.07, 6.45) is 4.59. The zero-order valence-electron chi connectivity index (χ0n) is 13.7. The molecule has 4 nitrogen and oxygen atoms in total. The van der Waals surface area contributed by atoms with Crippen LogP contribution in [0.4, 0.5) is 5.69 Å². The number of hydrogen-bond donors (Lipinski definition) is 3. The Morgan fingerprint density at radius 3 is 2.46 bits per heavy atom. The third-order valence-electron chi connectivity index (χ3n) is 3.63. The number of carbonyl (C=O) groups is 1. The number of hydrogen-bond acceptors (Lipinski definition) is 3. The Morgan fingerprint density at radius 1 is 1.12 bits per heavy atom. The molecule has 0 aliphatic heterocycles. The third kappa shape index (κ3) is 3.66. The lowest BCUT2D eigenvalue weighted by molar-refractivity contribution is -0.114. The molecular weight excluding hydrogens is 302 g/mol. The fourth-order valence-corrected chi connectivity index (χ4v) is 2.58. The molecule has 0 aliphatic rings. The van der Waals surface area contributed by atoms with E-state index in [1.165, 1.54) is 6.92 Å². The average molecular weight is 323 g/mol. The molecule has 0 aromatic heterocycles. The molecule has 0 saturated heterocycles. The molecular formula is C20H21NO3. The summed E-state index contributed by atoms with van der Waals surface area (Å²) in [5, 5.41) is 23.4. The van der Waals surface area contributed by atoms with Gasteiger partial charge < -0.3 is 15.5 Å². The van der Waals surface area contributed by atoms with E-state index in [9.17, 15) is 15.0 Å². The van der Waals surface area contributed by atoms with Gasteiger partial charge in [-0.25, -0.2) is 0 Å². The molecule has 2 aromatic carbocycles. The summed E-state index contributed by atoms with van der Waals surface area (Å²) < 4.78 is 0. The summed E-state index contributed by atoms with van der Waals surface area (Å²) >= 11 is 0. The number of allylic oxidation sites excluding steroid dienone is 2. The Kier molecular flexibility index (Phi) is 5.42. The summed E-state index contributed by atoms with van der Waals surface area (Å²) in [4.78, 5) is 11.4. The molecule has 2 rings (SSSR count). The predicted octanol–water partition coefficient (Wildman–Crippen LogP) is 4.18. The van der Waals surface area contributed by atoms with Gasteiger partial charge in [0.15, 0.2) is 5.75 Å². The highest BCUT2D eigenvalue weighted by molar-refractivity contribution is 5.95. The molecule has 3 N–H and O–H groups in total. The van der Waals surface area contributed by atoms with Gasteiger partial charge in [0, 0.05) is 18.1 Å². The first-order valence-corrected chi connectivity index (χ1v) is 7.64. The van der Waals surface area contributed by atoms with E-state index in [1.807, 2.05) is 30.3 Å². The molecule has 1 amide bonds. The minimum absolute atomic E-state index is 0.0194. The van der Waals surface area contributed by atoms with Crippen molar-refractivity contribution in [3.8, 4) is 22.6 Å². The number of phenolic OH excluding ortho intramolecular Hbond substituents is 2. The quantitative estimate of drug-likeness (QED) is 0.552. The van der Waals surface area contributed by atoms with Crippen LogP contribution in [0, 0.1) is 0 Å². The van der Waals surface area contributed by atoms with Crippen LogP contribution >= 0.6 is 0 Å². The summed E-state index contributed by atoms with van der Waals surface area (Å²) in [6.45, 7) is 8.73. The Bertz CT molecular complexity index is 794. The number of carbonyl (C=O) groups excluding carboxylic acids is 1. The Labute approximate surface area is 141 Å². The van der Waals surface area contributed by atoms with Crippen molar-refractivity contribution in [1.82, 2.24) is 0 Å². The van der Waals surface area contributed by atoms with Crippen molar-refractivity contribution < 1.29 is 15.0 Å². The summed E-state index contributed by atoms with van der Waals surface area (Å²) in [5.74, 6) is -0.678. The molecule has 0 unspecified atom stereocenters. The maximum atomic E-state index is 11.4. The second-order valence-electron chi connectivity index (χ2n) is 5.52. The topological polar surface area (TPSA) is 69.6 Å². The van der Waals surface area contributed by atoms with E-state index in [-0.39, 0.29) is 23.1 Å². The van der Waals surface area contributed by atoms with E-state index in [4.69, 9.17) is 0 Å². The first-order chi connectivity index (χ1) is 11.5. The highest BCUT2D eigenvalue weighted by Gasteiger charge is 2.19. The molecule has 2 aromatic rings. The molecule has 0 heterocycles. The fourth-order valence-electron chi connectivity index (χ4n) is 2.58. The monoisotopic (exact) mass is 323 g/mol. The molecule has 124 valence electrons. The lowest BCUT2D eigenvalue weighted by atomic mass is 9.96. The maximum Gasteiger partial charge on any atom is 0.221 e. The average Bonchev–Trinajstić information content (AvgIpc) is 2.54. The van der Waals surface area contributed by atoms with Crippen LogP contribution in [0.2, 0.25) is 0 Å². The van der Waals surface area contributed by atoms with Crippen molar-refractivity contribution in [2.75, 3.05) is 5.32 Å². The molecule has 24 heavy (non-hydrogen) atoms. The zero-order chi connectivity index (χ0) is 17.7. The van der Waals surface area contributed by atoms with Crippen molar-refractivity contribution in [2.24, 2.45) is 0 Å². The lowest BCUT2D eigenvalue weighted by Gasteiger charge is -2.16. The number of amides is 1. The molecule has 0 saturated carbocycles. The smallest absolute Gasteiger partial charge is 0.221 e. The third-order valence-corrected chi connectivity index (χ3v) is 3.63. The summed E-state index contributed by atoms with van der Waals surface area (Å²) in [5.41, 5.74) is 2.99. The van der Waals surface area contributed by atoms with Gasteiger partial charge in [-0.15, -0.1) is 13.2 Å². The molecule has 0 aliphatic carbocycles. The SMILES string of the molecule is C=CCc1cccc(-c2cc(CC=C)c(O)c(NC(C)=O)c2O)c1. The van der Waals surface area contributed by atoms with Crippen molar-refractivity contribution in [3.05, 3.63) is 66.8 Å². The van der Waals surface area contributed by atoms with E-state index in [1.54, 1.807) is 12.1 Å². The molecule has 0 radical (unpaired) electrons. The van der Waals surface area contributed by atoms with Gasteiger partial charge in [-0.05, 0) is 30.0 Å². The van der Waals surface area contributed by atoms with E-state index in [2.05, 4.69) is 18.5 Å². The normalized spacial score (nSPS) is 10.2. The van der Waals surface area contributed by atoms with Crippen molar-refractivity contribution >= 4 is 11.6 Å². The van der Waals surface area contributed by atoms with Gasteiger partial charge in [0.25, 0.3) is 0 Å². The summed E-state index contributed by atoms with van der Waals surface area (Å²) in [7, 11) is 0. The van der Waals surface area contributed by atoms with E-state index in [0.29, 0.717) is 24.0 Å². The molecule has 4 heteroatoms. The summed E-state index contributed by atoms with van der Waals surface area (Å²) in [6, 6.07) is 9.40. The number of nitrogens with one attached hydrogen (secondary N) is 1. The molecule has 0 fully saturated rings. The highest BCUT2D eigenvalue weighted by atomic mass is 16.3. The van der Waals surface area contributed by atoms with E-state index in [0.717, 1.165) is 11.1 Å². The number of rotatable bonds is 6. The van der Waals surface area contributed by atoms with Crippen LogP contribution in [0.25, 0.3) is 11.1 Å². The van der Waals surface area contributed by atoms with Crippen LogP contribution in [0.15, 0.2) is 55.6 Å². The molecule has 0 bridgehead atoms. The predicted molar refractivity (Wildman–Crippen MR) is 97.3 cm³/mol. The van der Waals surface area contributed by atoms with Crippen LogP contribution in [0.5, 0.6) is 11.5 Å². The Balaban J connectivity index is 2.66. The molecule has 0 spiro atoms. The lowest BCUT2D eigenvalue weighted by Crippen LogP contribution is -2.07. The zero-order valence-corrected chi connectivity index (χ0v) is 13.7. The number of phenols is 2. The first-order valence-electron chi connectivity index (χ1n) is 7.64. The largest absolute Gasteiger partial charge is 0.505 e. The molecule has 0 atom stereocenters. The number of aromatic hydroxyl groups is 2. The van der Waals surface area contributed by atoms with E-state index >= 15 is 0 Å². The van der Waals surface area contributed by atoms with Crippen molar-refractivity contribution in [2.45, 2.75) is 19.8 Å². The second-order valence-corrected chi connectivity index (χ2v) is 5.52. The van der Waals surface area contributed by atoms with Crippen LogP contribution in [0.3, 0.4) is 0 Å². The van der Waals surface area contributed by atoms with Gasteiger partial charge in [0.2, 0.25) is 5.91 Å².